The van der Waals surface area contributed by atoms with Crippen molar-refractivity contribution in [1.29, 1.82) is 0 Å². The van der Waals surface area contributed by atoms with Crippen molar-refractivity contribution in [2.75, 3.05) is 127 Å². The van der Waals surface area contributed by atoms with Crippen molar-refractivity contribution in [3.8, 4) is 0 Å². The molecule has 0 fully saturated rings. The van der Waals surface area contributed by atoms with Crippen molar-refractivity contribution >= 4 is 127 Å². The number of nitrogen functional groups attached to an aromatic ring is 1. The maximum absolute atomic E-state index is 13.3. The second kappa shape index (κ2) is 43.9. The van der Waals surface area contributed by atoms with Crippen LogP contribution in [0.2, 0.25) is 15.5 Å². The van der Waals surface area contributed by atoms with Gasteiger partial charge in [-0.15, -0.1) is 0 Å². The summed E-state index contributed by atoms with van der Waals surface area (Å²) in [6.45, 7) is 1.96. The average molecular weight is 1650 g/mol. The Hall–Kier alpha value is -13.5. The Morgan fingerprint density at radius 2 is 0.652 bits per heavy atom. The first kappa shape index (κ1) is 90.4. The maximum atomic E-state index is 13.3. The number of nitro groups is 4. The predicted molar refractivity (Wildman–Crippen MR) is 437 cm³/mol. The lowest BCUT2D eigenvalue weighted by Crippen LogP contribution is -2.19. The first-order valence-electron chi connectivity index (χ1n) is 33.8. The van der Waals surface area contributed by atoms with Gasteiger partial charge in [0.25, 0.3) is 0 Å². The summed E-state index contributed by atoms with van der Waals surface area (Å²) in [5.41, 5.74) is 10.6. The lowest BCUT2D eigenvalue weighted by Gasteiger charge is -2.18. The van der Waals surface area contributed by atoms with Crippen molar-refractivity contribution in [2.45, 2.75) is 32.6 Å². The number of amides is 1. The molecule has 0 aliphatic carbocycles. The molecule has 604 valence electrons. The largest absolute Gasteiger partial charge is 0.396 e. The lowest BCUT2D eigenvalue weighted by molar-refractivity contribution is -0.385. The van der Waals surface area contributed by atoms with Crippen LogP contribution in [0.5, 0.6) is 0 Å². The van der Waals surface area contributed by atoms with Crippen LogP contribution in [-0.2, 0) is 37.4 Å². The first-order valence-corrected chi connectivity index (χ1v) is 35.0. The van der Waals surface area contributed by atoms with Crippen molar-refractivity contribution < 1.29 is 50.8 Å². The Labute approximate surface area is 671 Å². The summed E-state index contributed by atoms with van der Waals surface area (Å²) < 4.78 is 77.8. The van der Waals surface area contributed by atoms with E-state index in [9.17, 15) is 71.6 Å². The molecule has 39 heteroatoms. The average Bonchev–Trinajstić information content (AvgIpc) is 0.842. The summed E-state index contributed by atoms with van der Waals surface area (Å²) in [5.74, 6) is 1.01. The normalized spacial score (nSPS) is 10.2. The first-order chi connectivity index (χ1) is 54.4. The zero-order chi connectivity index (χ0) is 84.8. The van der Waals surface area contributed by atoms with Gasteiger partial charge in [0.05, 0.1) is 37.5 Å². The maximum Gasteiger partial charge on any atom is 0.311 e. The van der Waals surface area contributed by atoms with Gasteiger partial charge in [-0.1, -0.05) is 89.4 Å². The molecule has 1 amide bonds. The molecular weight excluding hydrogens is 1570 g/mol. The Balaban J connectivity index is 0.000000220. The standard InChI is InChI=1S/C22H21F3N4O.2C14H15FN4O2.C14H17FN4.C7H8ClN3O2.C5H2Cl2N2O2/c1-29(2)22-19(27-21(30)12-15-5-8-17(24)18(25)11-15)9-10-20(28-22)26-13-14-3-6-16(23)7-4-14;2*1-18(2)14-12(19(20)21)7-8-13(17-14)16-9-10-3-5-11(15)6-4-10;1-19(2)14-12(16)7-8-13(18-14)17-9-10-3-5-11(15)6-4-10;1-10(2)7-5(11(12)13)3-4-6(8)9-7;6-4-2-1-3(9(10)11)5(7)8-4/h3-11H,12-13H2,1-2H3,(H,26,28)(H,27,30);2*3-8H,9H2,1-2H3,(H,16,17);3-8H,9,16H2,1-2H3,(H,17,18);3-4H,1-2H3;1-2H. The van der Waals surface area contributed by atoms with Crippen LogP contribution in [0, 0.1) is 75.4 Å². The monoisotopic (exact) mass is 1650 g/mol. The predicted octanol–water partition coefficient (Wildman–Crippen LogP) is 16.5. The van der Waals surface area contributed by atoms with E-state index in [0.29, 0.717) is 66.4 Å². The van der Waals surface area contributed by atoms with Gasteiger partial charge < -0.3 is 56.8 Å². The van der Waals surface area contributed by atoms with Gasteiger partial charge in [0.2, 0.25) is 28.5 Å². The third kappa shape index (κ3) is 29.6. The Bertz CT molecular complexity index is 5000. The molecule has 0 radical (unpaired) electrons. The molecule has 0 saturated heterocycles. The van der Waals surface area contributed by atoms with E-state index in [1.54, 1.807) is 149 Å². The molecule has 115 heavy (non-hydrogen) atoms. The number of hydrogen-bond acceptors (Lipinski definition) is 25. The van der Waals surface area contributed by atoms with Crippen molar-refractivity contribution in [3.63, 3.8) is 0 Å². The van der Waals surface area contributed by atoms with Crippen LogP contribution in [-0.4, -0.2) is 126 Å². The Morgan fingerprint density at radius 1 is 0.357 bits per heavy atom. The minimum absolute atomic E-state index is 0.0469. The van der Waals surface area contributed by atoms with Gasteiger partial charge in [-0.25, -0.2) is 56.2 Å². The number of carbonyl (C=O) groups excluding carboxylic acids is 1. The molecule has 7 N–H and O–H groups in total. The fourth-order valence-corrected chi connectivity index (χ4v) is 10.1. The van der Waals surface area contributed by atoms with E-state index in [4.69, 9.17) is 40.5 Å². The summed E-state index contributed by atoms with van der Waals surface area (Å²) in [6.07, 6.45) is -0.103. The van der Waals surface area contributed by atoms with Gasteiger partial charge in [-0.3, -0.25) is 45.3 Å². The van der Waals surface area contributed by atoms with Gasteiger partial charge in [-0.05, 0) is 137 Å². The zero-order valence-corrected chi connectivity index (χ0v) is 65.6. The SMILES string of the molecule is CN(C)c1nc(Cl)ccc1[N+](=O)[O-].CN(C)c1nc(NCc2ccc(F)cc2)ccc1N.CN(C)c1nc(NCc2ccc(F)cc2)ccc1NC(=O)Cc1ccc(F)c(F)c1.CN(C)c1nc(NCc2ccc(F)cc2)ccc1[N+](=O)[O-].CN(C)c1nc(NCc2ccc(F)cc2)ccc1[N+](=O)[O-].O=[N+]([O-])c1ccc(Cl)nc1Cl. The van der Waals surface area contributed by atoms with Crippen LogP contribution in [0.1, 0.15) is 27.8 Å². The van der Waals surface area contributed by atoms with E-state index in [-0.39, 0.29) is 91.3 Å². The number of carbonyl (C=O) groups is 1. The van der Waals surface area contributed by atoms with Crippen molar-refractivity contribution in [2.24, 2.45) is 0 Å². The summed E-state index contributed by atoms with van der Waals surface area (Å²) >= 11 is 16.4. The summed E-state index contributed by atoms with van der Waals surface area (Å²) in [4.78, 5) is 85.9. The lowest BCUT2D eigenvalue weighted by atomic mass is 10.1. The summed E-state index contributed by atoms with van der Waals surface area (Å²) in [7, 11) is 17.5. The second-order valence-electron chi connectivity index (χ2n) is 25.1. The van der Waals surface area contributed by atoms with Crippen LogP contribution in [0.4, 0.5) is 113 Å². The molecule has 0 unspecified atom stereocenters. The minimum Gasteiger partial charge on any atom is -0.396 e. The number of nitrogens with one attached hydrogen (secondary N) is 5. The Morgan fingerprint density at radius 3 is 0.991 bits per heavy atom. The second-order valence-corrected chi connectivity index (χ2v) is 26.2. The number of aromatic nitrogens is 6. The topological polar surface area (TPSA) is 369 Å². The van der Waals surface area contributed by atoms with Crippen molar-refractivity contribution in [3.05, 3.63) is 307 Å². The van der Waals surface area contributed by atoms with E-state index in [2.05, 4.69) is 56.5 Å². The molecule has 6 aromatic heterocycles. The van der Waals surface area contributed by atoms with Gasteiger partial charge in [0.1, 0.15) is 56.8 Å². The molecule has 5 aromatic carbocycles. The fourth-order valence-electron chi connectivity index (χ4n) is 9.56. The molecule has 6 heterocycles. The number of halogens is 9. The third-order valence-corrected chi connectivity index (χ3v) is 15.9. The quantitative estimate of drug-likeness (QED) is 0.0142. The fraction of sp³-hybridized carbons (Fsp3) is 0.197. The van der Waals surface area contributed by atoms with Gasteiger partial charge in [0.15, 0.2) is 23.3 Å². The molecule has 0 aliphatic rings. The smallest absolute Gasteiger partial charge is 0.311 e. The van der Waals surface area contributed by atoms with Crippen LogP contribution in [0.25, 0.3) is 0 Å². The van der Waals surface area contributed by atoms with Crippen LogP contribution in [0.15, 0.2) is 188 Å². The number of rotatable bonds is 24. The number of pyridine rings is 6. The molecule has 11 aromatic rings. The number of benzene rings is 5. The summed E-state index contributed by atoms with van der Waals surface area (Å²) in [6, 6.07) is 46.3. The van der Waals surface area contributed by atoms with Crippen LogP contribution in [0.3, 0.4) is 0 Å². The number of nitrogens with two attached hydrogens (primary N) is 1. The van der Waals surface area contributed by atoms with E-state index in [1.165, 1.54) is 91.0 Å². The molecule has 11 rings (SSSR count). The highest BCUT2D eigenvalue weighted by Crippen LogP contribution is 2.31. The van der Waals surface area contributed by atoms with E-state index < -0.39 is 31.3 Å². The molecule has 0 bridgehead atoms. The van der Waals surface area contributed by atoms with Gasteiger partial charge >= 0.3 is 22.7 Å². The molecular formula is C76H78Cl3F6N21O9. The van der Waals surface area contributed by atoms with Gasteiger partial charge in [-0.2, -0.15) is 0 Å². The number of nitrogens with zero attached hydrogens (tertiary/aromatic N) is 15. The molecule has 0 aliphatic heterocycles. The molecule has 30 nitrogen and oxygen atoms in total. The highest BCUT2D eigenvalue weighted by molar-refractivity contribution is 6.33. The van der Waals surface area contributed by atoms with Crippen molar-refractivity contribution in [1.82, 2.24) is 29.9 Å². The number of hydrogen-bond donors (Lipinski definition) is 6. The highest BCUT2D eigenvalue weighted by Gasteiger charge is 2.22. The number of anilines is 11. The van der Waals surface area contributed by atoms with Crippen LogP contribution >= 0.6 is 34.8 Å². The third-order valence-electron chi connectivity index (χ3n) is 15.2. The molecule has 0 saturated carbocycles. The highest BCUT2D eigenvalue weighted by atomic mass is 35.5. The van der Waals surface area contributed by atoms with E-state index >= 15 is 0 Å². The molecule has 0 spiro atoms. The van der Waals surface area contributed by atoms with Gasteiger partial charge in [0, 0.05) is 121 Å². The minimum atomic E-state index is -0.993. The van der Waals surface area contributed by atoms with E-state index in [0.717, 1.165) is 46.0 Å². The molecule has 0 atom stereocenters. The Kier molecular flexibility index (Phi) is 34.5. The van der Waals surface area contributed by atoms with E-state index in [1.807, 2.05) is 31.1 Å². The summed E-state index contributed by atoms with van der Waals surface area (Å²) in [5, 5.41) is 58.0. The zero-order valence-electron chi connectivity index (χ0n) is 63.3. The van der Waals surface area contributed by atoms with Crippen LogP contribution < -0.4 is 56.8 Å².